The summed E-state index contributed by atoms with van der Waals surface area (Å²) in [5.74, 6) is -0.551. The lowest BCUT2D eigenvalue weighted by Gasteiger charge is -2.10. The quantitative estimate of drug-likeness (QED) is 0.537. The van der Waals surface area contributed by atoms with Crippen LogP contribution in [-0.2, 0) is 9.59 Å². The lowest BCUT2D eigenvalue weighted by molar-refractivity contribution is -0.124. The van der Waals surface area contributed by atoms with E-state index < -0.39 is 11.8 Å². The van der Waals surface area contributed by atoms with Crippen LogP contribution in [0.3, 0.4) is 0 Å². The Balaban J connectivity index is 0.000000417. The molecule has 4 N–H and O–H groups in total. The second-order valence-corrected chi connectivity index (χ2v) is 7.38. The van der Waals surface area contributed by atoms with Gasteiger partial charge in [0.05, 0.1) is 12.5 Å². The van der Waals surface area contributed by atoms with Crippen LogP contribution in [0, 0.1) is 18.3 Å². The minimum absolute atomic E-state index is 0.0218. The Morgan fingerprint density at radius 1 is 1.38 bits per heavy atom. The molecular formula is C17H27N5O4. The second-order valence-electron chi connectivity index (χ2n) is 7.38. The predicted octanol–water partition coefficient (Wildman–Crippen LogP) is 0.276. The molecule has 0 unspecified atom stereocenters. The highest BCUT2D eigenvalue weighted by Gasteiger charge is 2.30. The lowest BCUT2D eigenvalue weighted by atomic mass is 10.1. The van der Waals surface area contributed by atoms with Gasteiger partial charge in [0.15, 0.2) is 5.69 Å². The number of carbonyl (C=O) groups excluding carboxylic acids is 3. The van der Waals surface area contributed by atoms with Gasteiger partial charge >= 0.3 is 0 Å². The van der Waals surface area contributed by atoms with Crippen LogP contribution in [0.5, 0.6) is 0 Å². The molecule has 2 fully saturated rings. The summed E-state index contributed by atoms with van der Waals surface area (Å²) in [4.78, 5) is 34.4. The topological polar surface area (TPSA) is 125 Å². The summed E-state index contributed by atoms with van der Waals surface area (Å²) in [6.07, 6.45) is 3.64. The molecule has 3 rings (SSSR count). The number of carbonyl (C=O) groups is 3. The smallest absolute Gasteiger partial charge is 0.273 e. The molecule has 0 radical (unpaired) electrons. The fraction of sp³-hybridized carbons (Fsp3) is 0.647. The number of hydrogen-bond acceptors (Lipinski definition) is 6. The third kappa shape index (κ3) is 6.83. The van der Waals surface area contributed by atoms with Gasteiger partial charge < -0.3 is 15.2 Å². The SMILES string of the molecule is CC1(C)CC1.Cc1cc(C(=O)NCC(=O)NNC[C@@H]2CCNC2=O)no1. The zero-order valence-electron chi connectivity index (χ0n) is 15.5. The number of hydrogen-bond donors (Lipinski definition) is 4. The zero-order chi connectivity index (χ0) is 19.2. The molecule has 1 aliphatic heterocycles. The highest BCUT2D eigenvalue weighted by Crippen LogP contribution is 2.43. The molecule has 0 aromatic carbocycles. The lowest BCUT2D eigenvalue weighted by Crippen LogP contribution is -2.46. The molecule has 1 aromatic rings. The first-order chi connectivity index (χ1) is 12.3. The average Bonchev–Trinajstić information content (AvgIpc) is 2.96. The largest absolute Gasteiger partial charge is 0.361 e. The maximum atomic E-state index is 11.6. The Morgan fingerprint density at radius 3 is 2.58 bits per heavy atom. The molecule has 26 heavy (non-hydrogen) atoms. The molecule has 3 amide bonds. The van der Waals surface area contributed by atoms with Crippen molar-refractivity contribution in [1.29, 1.82) is 0 Å². The molecular weight excluding hydrogens is 338 g/mol. The Morgan fingerprint density at radius 2 is 2.08 bits per heavy atom. The second kappa shape index (κ2) is 8.79. The summed E-state index contributed by atoms with van der Waals surface area (Å²) in [5, 5.41) is 8.65. The fourth-order valence-corrected chi connectivity index (χ4v) is 2.13. The van der Waals surface area contributed by atoms with Crippen molar-refractivity contribution in [2.75, 3.05) is 19.6 Å². The molecule has 9 nitrogen and oxygen atoms in total. The molecule has 1 saturated heterocycles. The summed E-state index contributed by atoms with van der Waals surface area (Å²) >= 11 is 0. The number of nitrogens with zero attached hydrogens (tertiary/aromatic N) is 1. The number of nitrogens with one attached hydrogen (secondary N) is 4. The summed E-state index contributed by atoms with van der Waals surface area (Å²) in [6, 6.07) is 1.48. The molecule has 0 spiro atoms. The number of aromatic nitrogens is 1. The monoisotopic (exact) mass is 365 g/mol. The number of hydrazine groups is 1. The van der Waals surface area contributed by atoms with E-state index in [1.54, 1.807) is 6.92 Å². The molecule has 2 heterocycles. The molecule has 1 saturated carbocycles. The summed E-state index contributed by atoms with van der Waals surface area (Å²) < 4.78 is 4.76. The highest BCUT2D eigenvalue weighted by atomic mass is 16.5. The van der Waals surface area contributed by atoms with E-state index in [9.17, 15) is 14.4 Å². The van der Waals surface area contributed by atoms with E-state index in [1.807, 2.05) is 0 Å². The van der Waals surface area contributed by atoms with Crippen LogP contribution in [0.2, 0.25) is 0 Å². The Kier molecular flexibility index (Phi) is 6.73. The van der Waals surface area contributed by atoms with Gasteiger partial charge in [-0.3, -0.25) is 19.8 Å². The van der Waals surface area contributed by atoms with Crippen molar-refractivity contribution in [2.45, 2.75) is 40.0 Å². The zero-order valence-corrected chi connectivity index (χ0v) is 15.5. The molecule has 1 aromatic heterocycles. The van der Waals surface area contributed by atoms with Crippen LogP contribution in [0.15, 0.2) is 10.6 Å². The van der Waals surface area contributed by atoms with Gasteiger partial charge in [-0.05, 0) is 31.6 Å². The molecule has 0 bridgehead atoms. The van der Waals surface area contributed by atoms with Gasteiger partial charge in [0.2, 0.25) is 5.91 Å². The van der Waals surface area contributed by atoms with Gasteiger partial charge in [-0.15, -0.1) is 0 Å². The molecule has 1 atom stereocenters. The summed E-state index contributed by atoms with van der Waals surface area (Å²) in [7, 11) is 0. The van der Waals surface area contributed by atoms with Crippen LogP contribution < -0.4 is 21.5 Å². The summed E-state index contributed by atoms with van der Waals surface area (Å²) in [5.41, 5.74) is 5.97. The van der Waals surface area contributed by atoms with Gasteiger partial charge in [0, 0.05) is 19.2 Å². The van der Waals surface area contributed by atoms with Crippen molar-refractivity contribution in [3.05, 3.63) is 17.5 Å². The average molecular weight is 365 g/mol. The van der Waals surface area contributed by atoms with Crippen molar-refractivity contribution < 1.29 is 18.9 Å². The number of aryl methyl sites for hydroxylation is 1. The Bertz CT molecular complexity index is 649. The van der Waals surface area contributed by atoms with Crippen LogP contribution >= 0.6 is 0 Å². The van der Waals surface area contributed by atoms with Crippen LogP contribution in [0.4, 0.5) is 0 Å². The van der Waals surface area contributed by atoms with E-state index in [0.29, 0.717) is 18.8 Å². The van der Waals surface area contributed by atoms with Gasteiger partial charge in [0.25, 0.3) is 11.8 Å². The number of amides is 3. The van der Waals surface area contributed by atoms with E-state index in [1.165, 1.54) is 18.9 Å². The first-order valence-corrected chi connectivity index (χ1v) is 8.78. The highest BCUT2D eigenvalue weighted by molar-refractivity contribution is 5.94. The fourth-order valence-electron chi connectivity index (χ4n) is 2.13. The standard InChI is InChI=1S/C12H17N5O4.C5H10/c1-7-4-9(17-21-7)12(20)14-6-10(18)16-15-5-8-2-3-13-11(8)19;1-5(2)3-4-5/h4,8,15H,2-3,5-6H2,1H3,(H,13,19)(H,14,20)(H,16,18);3-4H2,1-2H3/t8-;/m0./s1. The van der Waals surface area contributed by atoms with Gasteiger partial charge in [0.1, 0.15) is 5.76 Å². The van der Waals surface area contributed by atoms with E-state index in [2.05, 4.69) is 40.5 Å². The normalized spacial score (nSPS) is 19.8. The third-order valence-corrected chi connectivity index (χ3v) is 4.26. The third-order valence-electron chi connectivity index (χ3n) is 4.26. The molecule has 2 aliphatic rings. The maximum absolute atomic E-state index is 11.6. The molecule has 9 heteroatoms. The first-order valence-electron chi connectivity index (χ1n) is 8.78. The van der Waals surface area contributed by atoms with E-state index in [4.69, 9.17) is 4.52 Å². The van der Waals surface area contributed by atoms with E-state index in [-0.39, 0.29) is 24.1 Å². The van der Waals surface area contributed by atoms with Crippen LogP contribution in [0.1, 0.15) is 49.4 Å². The van der Waals surface area contributed by atoms with Crippen molar-refractivity contribution in [2.24, 2.45) is 11.3 Å². The van der Waals surface area contributed by atoms with Crippen LogP contribution in [-0.4, -0.2) is 42.5 Å². The van der Waals surface area contributed by atoms with Crippen molar-refractivity contribution >= 4 is 17.7 Å². The van der Waals surface area contributed by atoms with Crippen molar-refractivity contribution in [1.82, 2.24) is 26.6 Å². The van der Waals surface area contributed by atoms with Crippen molar-refractivity contribution in [3.63, 3.8) is 0 Å². The molecule has 1 aliphatic carbocycles. The van der Waals surface area contributed by atoms with Gasteiger partial charge in [-0.2, -0.15) is 0 Å². The Hall–Kier alpha value is -2.42. The Labute approximate surface area is 152 Å². The molecule has 144 valence electrons. The first kappa shape index (κ1) is 19.9. The van der Waals surface area contributed by atoms with Crippen molar-refractivity contribution in [3.8, 4) is 0 Å². The minimum atomic E-state index is -0.489. The van der Waals surface area contributed by atoms with Gasteiger partial charge in [-0.1, -0.05) is 19.0 Å². The predicted molar refractivity (Wildman–Crippen MR) is 93.9 cm³/mol. The van der Waals surface area contributed by atoms with Gasteiger partial charge in [-0.25, -0.2) is 5.43 Å². The van der Waals surface area contributed by atoms with E-state index >= 15 is 0 Å². The number of rotatable bonds is 6. The van der Waals surface area contributed by atoms with Crippen LogP contribution in [0.25, 0.3) is 0 Å². The minimum Gasteiger partial charge on any atom is -0.361 e. The maximum Gasteiger partial charge on any atom is 0.273 e. The summed E-state index contributed by atoms with van der Waals surface area (Å²) in [6.45, 7) is 7.08. The van der Waals surface area contributed by atoms with E-state index in [0.717, 1.165) is 11.8 Å².